The molecule has 0 amide bonds. The van der Waals surface area contributed by atoms with E-state index >= 15 is 0 Å². The minimum atomic E-state index is 0.889. The summed E-state index contributed by atoms with van der Waals surface area (Å²) in [7, 11) is 1.75. The Kier molecular flexibility index (Phi) is 7.90. The van der Waals surface area contributed by atoms with Gasteiger partial charge in [0.05, 0.1) is 7.11 Å². The molecular formula is C21H36N2O. The first kappa shape index (κ1) is 19.1. The van der Waals surface area contributed by atoms with Crippen molar-refractivity contribution in [3.05, 3.63) is 23.8 Å². The van der Waals surface area contributed by atoms with Gasteiger partial charge in [-0.05, 0) is 43.4 Å². The van der Waals surface area contributed by atoms with Crippen LogP contribution in [0.25, 0.3) is 0 Å². The maximum Gasteiger partial charge on any atom is 0.120 e. The summed E-state index contributed by atoms with van der Waals surface area (Å²) in [5.74, 6) is 1.86. The van der Waals surface area contributed by atoms with Crippen LogP contribution < -0.4 is 9.64 Å². The van der Waals surface area contributed by atoms with Gasteiger partial charge in [0.25, 0.3) is 0 Å². The molecule has 3 heteroatoms. The van der Waals surface area contributed by atoms with Crippen LogP contribution >= 0.6 is 0 Å². The second-order valence-electron chi connectivity index (χ2n) is 7.21. The fraction of sp³-hybridized carbons (Fsp3) is 0.714. The van der Waals surface area contributed by atoms with Gasteiger partial charge in [0.2, 0.25) is 0 Å². The van der Waals surface area contributed by atoms with Gasteiger partial charge < -0.3 is 9.64 Å². The van der Waals surface area contributed by atoms with Gasteiger partial charge in [-0.3, -0.25) is 4.90 Å². The zero-order valence-electron chi connectivity index (χ0n) is 16.2. The predicted molar refractivity (Wildman–Crippen MR) is 104 cm³/mol. The summed E-state index contributed by atoms with van der Waals surface area (Å²) < 4.78 is 5.42. The maximum atomic E-state index is 5.42. The average molecular weight is 333 g/mol. The van der Waals surface area contributed by atoms with Gasteiger partial charge in [-0.1, -0.05) is 39.7 Å². The molecule has 2 rings (SSSR count). The highest BCUT2D eigenvalue weighted by atomic mass is 16.5. The van der Waals surface area contributed by atoms with Crippen molar-refractivity contribution in [1.82, 2.24) is 4.90 Å². The lowest BCUT2D eigenvalue weighted by Gasteiger charge is -2.37. The van der Waals surface area contributed by atoms with Crippen LogP contribution in [0.4, 0.5) is 5.69 Å². The third-order valence-electron chi connectivity index (χ3n) is 5.34. The summed E-state index contributed by atoms with van der Waals surface area (Å²) in [5.41, 5.74) is 2.80. The normalized spacial score (nSPS) is 17.1. The fourth-order valence-corrected chi connectivity index (χ4v) is 3.78. The Morgan fingerprint density at radius 3 is 2.46 bits per heavy atom. The number of rotatable bonds is 9. The maximum absolute atomic E-state index is 5.42. The third kappa shape index (κ3) is 5.41. The van der Waals surface area contributed by atoms with Crippen molar-refractivity contribution in [2.24, 2.45) is 5.92 Å². The number of anilines is 1. The Balaban J connectivity index is 1.82. The zero-order valence-corrected chi connectivity index (χ0v) is 16.2. The minimum Gasteiger partial charge on any atom is -0.497 e. The molecule has 0 bridgehead atoms. The number of aryl methyl sites for hydroxylation is 1. The van der Waals surface area contributed by atoms with E-state index in [-0.39, 0.29) is 0 Å². The monoisotopic (exact) mass is 332 g/mol. The van der Waals surface area contributed by atoms with E-state index in [1.807, 2.05) is 0 Å². The molecule has 3 nitrogen and oxygen atoms in total. The van der Waals surface area contributed by atoms with Crippen LogP contribution in [0.5, 0.6) is 5.75 Å². The topological polar surface area (TPSA) is 15.7 Å². The molecule has 1 saturated heterocycles. The number of nitrogens with zero attached hydrogens (tertiary/aromatic N) is 2. The number of piperazine rings is 1. The van der Waals surface area contributed by atoms with Crippen molar-refractivity contribution < 1.29 is 4.74 Å². The summed E-state index contributed by atoms with van der Waals surface area (Å²) in [5, 5.41) is 0. The number of methoxy groups -OCH3 is 1. The van der Waals surface area contributed by atoms with Crippen molar-refractivity contribution in [1.29, 1.82) is 0 Å². The van der Waals surface area contributed by atoms with Gasteiger partial charge in [-0.25, -0.2) is 0 Å². The van der Waals surface area contributed by atoms with Crippen molar-refractivity contribution in [2.75, 3.05) is 44.7 Å². The van der Waals surface area contributed by atoms with E-state index in [1.54, 1.807) is 7.11 Å². The Labute approximate surface area is 149 Å². The first-order chi connectivity index (χ1) is 11.7. The Bertz CT molecular complexity index is 481. The molecule has 0 aromatic heterocycles. The standard InChI is InChI=1S/C21H36N2O/c1-5-8-18(3)9-7-12-22-13-15-23(16-14-22)21-17-20(24-4)11-10-19(21)6-2/h10-11,17-18H,5-9,12-16H2,1-4H3. The van der Waals surface area contributed by atoms with E-state index in [0.717, 1.165) is 31.2 Å². The van der Waals surface area contributed by atoms with E-state index in [0.29, 0.717) is 0 Å². The molecule has 0 N–H and O–H groups in total. The van der Waals surface area contributed by atoms with Crippen LogP contribution in [0.15, 0.2) is 18.2 Å². The number of hydrogen-bond acceptors (Lipinski definition) is 3. The van der Waals surface area contributed by atoms with Crippen LogP contribution in [-0.4, -0.2) is 44.7 Å². The van der Waals surface area contributed by atoms with Gasteiger partial charge in [0.15, 0.2) is 0 Å². The number of benzene rings is 1. The smallest absolute Gasteiger partial charge is 0.120 e. The third-order valence-corrected chi connectivity index (χ3v) is 5.34. The van der Waals surface area contributed by atoms with Crippen molar-refractivity contribution in [3.63, 3.8) is 0 Å². The molecule has 1 heterocycles. The number of hydrogen-bond donors (Lipinski definition) is 0. The Hall–Kier alpha value is -1.22. The summed E-state index contributed by atoms with van der Waals surface area (Å²) in [4.78, 5) is 5.18. The van der Waals surface area contributed by atoms with Crippen LogP contribution in [0.1, 0.15) is 52.0 Å². The largest absolute Gasteiger partial charge is 0.497 e. The molecule has 1 unspecified atom stereocenters. The van der Waals surface area contributed by atoms with Crippen LogP contribution in [0, 0.1) is 5.92 Å². The molecule has 1 aromatic rings. The van der Waals surface area contributed by atoms with Gasteiger partial charge in [0, 0.05) is 37.9 Å². The molecule has 0 aliphatic carbocycles. The highest BCUT2D eigenvalue weighted by molar-refractivity contribution is 5.57. The molecule has 0 spiro atoms. The first-order valence-corrected chi connectivity index (χ1v) is 9.82. The lowest BCUT2D eigenvalue weighted by atomic mass is 10.0. The van der Waals surface area contributed by atoms with Crippen molar-refractivity contribution in [3.8, 4) is 5.75 Å². The van der Waals surface area contributed by atoms with Crippen LogP contribution in [0.2, 0.25) is 0 Å². The van der Waals surface area contributed by atoms with E-state index in [4.69, 9.17) is 4.74 Å². The van der Waals surface area contributed by atoms with Crippen LogP contribution in [0.3, 0.4) is 0 Å². The molecular weight excluding hydrogens is 296 g/mol. The molecule has 1 aliphatic heterocycles. The van der Waals surface area contributed by atoms with E-state index in [9.17, 15) is 0 Å². The number of ether oxygens (including phenoxy) is 1. The summed E-state index contributed by atoms with van der Waals surface area (Å²) >= 11 is 0. The van der Waals surface area contributed by atoms with Gasteiger partial charge in [-0.2, -0.15) is 0 Å². The molecule has 0 saturated carbocycles. The molecule has 1 atom stereocenters. The van der Waals surface area contributed by atoms with E-state index < -0.39 is 0 Å². The predicted octanol–water partition coefficient (Wildman–Crippen LogP) is 4.60. The van der Waals surface area contributed by atoms with Crippen molar-refractivity contribution >= 4 is 5.69 Å². The lowest BCUT2D eigenvalue weighted by Crippen LogP contribution is -2.47. The highest BCUT2D eigenvalue weighted by Crippen LogP contribution is 2.27. The molecule has 24 heavy (non-hydrogen) atoms. The fourth-order valence-electron chi connectivity index (χ4n) is 3.78. The SMILES string of the molecule is CCCC(C)CCCN1CCN(c2cc(OC)ccc2CC)CC1. The molecule has 1 fully saturated rings. The van der Waals surface area contributed by atoms with E-state index in [2.05, 4.69) is 48.8 Å². The minimum absolute atomic E-state index is 0.889. The molecule has 0 radical (unpaired) electrons. The highest BCUT2D eigenvalue weighted by Gasteiger charge is 2.19. The molecule has 136 valence electrons. The van der Waals surface area contributed by atoms with Crippen molar-refractivity contribution in [2.45, 2.75) is 52.9 Å². The summed E-state index contributed by atoms with van der Waals surface area (Å²) in [6, 6.07) is 6.51. The van der Waals surface area contributed by atoms with Gasteiger partial charge >= 0.3 is 0 Å². The lowest BCUT2D eigenvalue weighted by molar-refractivity contribution is 0.246. The molecule has 1 aliphatic rings. The van der Waals surface area contributed by atoms with E-state index in [1.165, 1.54) is 56.6 Å². The second kappa shape index (κ2) is 9.93. The molecule has 1 aromatic carbocycles. The van der Waals surface area contributed by atoms with Gasteiger partial charge in [0.1, 0.15) is 5.75 Å². The quantitative estimate of drug-likeness (QED) is 0.657. The summed E-state index contributed by atoms with van der Waals surface area (Å²) in [6.07, 6.45) is 6.50. The first-order valence-electron chi connectivity index (χ1n) is 9.82. The Morgan fingerprint density at radius 1 is 1.08 bits per heavy atom. The zero-order chi connectivity index (χ0) is 17.4. The van der Waals surface area contributed by atoms with Gasteiger partial charge in [-0.15, -0.1) is 0 Å². The Morgan fingerprint density at radius 2 is 1.83 bits per heavy atom. The summed E-state index contributed by atoms with van der Waals surface area (Å²) in [6.45, 7) is 12.8. The second-order valence-corrected chi connectivity index (χ2v) is 7.21. The van der Waals surface area contributed by atoms with Crippen LogP contribution in [-0.2, 0) is 6.42 Å². The average Bonchev–Trinajstić information content (AvgIpc) is 2.62.